The quantitative estimate of drug-likeness (QED) is 0.807. The maximum Gasteiger partial charge on any atom is 0.238 e. The first kappa shape index (κ1) is 16.1. The Morgan fingerprint density at radius 3 is 2.79 bits per heavy atom. The summed E-state index contributed by atoms with van der Waals surface area (Å²) in [5.41, 5.74) is 0.808. The monoisotopic (exact) mass is 327 g/mol. The van der Waals surface area contributed by atoms with Crippen molar-refractivity contribution in [1.82, 2.24) is 10.2 Å². The van der Waals surface area contributed by atoms with Crippen molar-refractivity contribution in [3.8, 4) is 0 Å². The van der Waals surface area contributed by atoms with Crippen LogP contribution in [0.25, 0.3) is 0 Å². The van der Waals surface area contributed by atoms with Crippen LogP contribution in [0.2, 0.25) is 0 Å². The summed E-state index contributed by atoms with van der Waals surface area (Å²) in [5, 5.41) is 6.08. The van der Waals surface area contributed by atoms with E-state index in [4.69, 9.17) is 0 Å². The first-order valence-electron chi connectivity index (χ1n) is 6.41. The van der Waals surface area contributed by atoms with E-state index in [0.717, 1.165) is 23.1 Å². The molecule has 0 bridgehead atoms. The highest BCUT2D eigenvalue weighted by Crippen LogP contribution is 2.15. The Labute approximate surface area is 123 Å². The van der Waals surface area contributed by atoms with Gasteiger partial charge in [-0.2, -0.15) is 0 Å². The van der Waals surface area contributed by atoms with Crippen molar-refractivity contribution in [2.24, 2.45) is 0 Å². The summed E-state index contributed by atoms with van der Waals surface area (Å²) in [5.74, 6) is -0.0187. The molecule has 1 amide bonds. The largest absolute Gasteiger partial charge is 0.325 e. The Morgan fingerprint density at radius 1 is 1.42 bits per heavy atom. The molecule has 4 nitrogen and oxygen atoms in total. The van der Waals surface area contributed by atoms with Gasteiger partial charge < -0.3 is 15.5 Å². The first-order valence-corrected chi connectivity index (χ1v) is 7.20. The summed E-state index contributed by atoms with van der Waals surface area (Å²) in [4.78, 5) is 13.9. The molecule has 1 rings (SSSR count). The number of carbonyl (C=O) groups excluding carboxylic acids is 1. The Hall–Kier alpha value is -0.910. The average molecular weight is 328 g/mol. The van der Waals surface area contributed by atoms with Crippen LogP contribution in [0, 0.1) is 0 Å². The summed E-state index contributed by atoms with van der Waals surface area (Å²) in [6, 6.07) is 7.91. The van der Waals surface area contributed by atoms with Crippen molar-refractivity contribution in [3.63, 3.8) is 0 Å². The molecule has 0 aliphatic rings. The van der Waals surface area contributed by atoms with Gasteiger partial charge in [-0.3, -0.25) is 4.79 Å². The number of nitrogens with one attached hydrogen (secondary N) is 2. The SMILES string of the molecule is CC(CCN(C)C)NCC(=O)Nc1cccc(Br)c1. The van der Waals surface area contributed by atoms with Gasteiger partial charge in [0.25, 0.3) is 0 Å². The van der Waals surface area contributed by atoms with Crippen LogP contribution in [0.3, 0.4) is 0 Å². The molecule has 0 fully saturated rings. The van der Waals surface area contributed by atoms with Crippen LogP contribution in [0.15, 0.2) is 28.7 Å². The number of rotatable bonds is 7. The number of hydrogen-bond acceptors (Lipinski definition) is 3. The predicted molar refractivity (Wildman–Crippen MR) is 83.4 cm³/mol. The summed E-state index contributed by atoms with van der Waals surface area (Å²) in [7, 11) is 4.10. The van der Waals surface area contributed by atoms with Gasteiger partial charge in [0.2, 0.25) is 5.91 Å². The Morgan fingerprint density at radius 2 is 2.16 bits per heavy atom. The van der Waals surface area contributed by atoms with Gasteiger partial charge in [0.05, 0.1) is 6.54 Å². The fourth-order valence-corrected chi connectivity index (χ4v) is 1.99. The second-order valence-electron chi connectivity index (χ2n) is 4.93. The van der Waals surface area contributed by atoms with Crippen LogP contribution in [-0.4, -0.2) is 44.0 Å². The third kappa shape index (κ3) is 7.30. The molecule has 19 heavy (non-hydrogen) atoms. The molecule has 0 radical (unpaired) electrons. The van der Waals surface area contributed by atoms with E-state index in [1.165, 1.54) is 0 Å². The summed E-state index contributed by atoms with van der Waals surface area (Å²) in [6.07, 6.45) is 1.02. The lowest BCUT2D eigenvalue weighted by Crippen LogP contribution is -2.36. The number of amides is 1. The lowest BCUT2D eigenvalue weighted by molar-refractivity contribution is -0.115. The van der Waals surface area contributed by atoms with E-state index < -0.39 is 0 Å². The number of hydrogen-bond donors (Lipinski definition) is 2. The van der Waals surface area contributed by atoms with Gasteiger partial charge >= 0.3 is 0 Å². The number of benzene rings is 1. The van der Waals surface area contributed by atoms with E-state index in [-0.39, 0.29) is 5.91 Å². The van der Waals surface area contributed by atoms with Crippen LogP contribution in [0.1, 0.15) is 13.3 Å². The fourth-order valence-electron chi connectivity index (χ4n) is 1.59. The molecule has 0 spiro atoms. The molecule has 0 aliphatic heterocycles. The molecule has 0 aliphatic carbocycles. The molecule has 0 saturated heterocycles. The van der Waals surface area contributed by atoms with Crippen molar-refractivity contribution in [1.29, 1.82) is 0 Å². The molecule has 2 N–H and O–H groups in total. The first-order chi connectivity index (χ1) is 8.97. The van der Waals surface area contributed by atoms with Gasteiger partial charge in [0.1, 0.15) is 0 Å². The highest BCUT2D eigenvalue weighted by Gasteiger charge is 2.06. The third-order valence-corrected chi connectivity index (χ3v) is 3.22. The van der Waals surface area contributed by atoms with Crippen LogP contribution in [-0.2, 0) is 4.79 Å². The van der Waals surface area contributed by atoms with Crippen LogP contribution in [0.5, 0.6) is 0 Å². The zero-order valence-corrected chi connectivity index (χ0v) is 13.3. The topological polar surface area (TPSA) is 44.4 Å². The summed E-state index contributed by atoms with van der Waals surface area (Å²) >= 11 is 3.38. The minimum atomic E-state index is -0.0187. The predicted octanol–water partition coefficient (Wildman–Crippen LogP) is 2.32. The minimum absolute atomic E-state index is 0.0187. The Kier molecular flexibility index (Phi) is 7.05. The molecular formula is C14H22BrN3O. The lowest BCUT2D eigenvalue weighted by atomic mass is 10.2. The van der Waals surface area contributed by atoms with Crippen LogP contribution in [0.4, 0.5) is 5.69 Å². The number of anilines is 1. The van der Waals surface area contributed by atoms with E-state index in [0.29, 0.717) is 12.6 Å². The van der Waals surface area contributed by atoms with Crippen LogP contribution >= 0.6 is 15.9 Å². The molecule has 106 valence electrons. The molecule has 1 atom stereocenters. The van der Waals surface area contributed by atoms with E-state index >= 15 is 0 Å². The standard InChI is InChI=1S/C14H22BrN3O/c1-11(7-8-18(2)3)16-10-14(19)17-13-6-4-5-12(15)9-13/h4-6,9,11,16H,7-8,10H2,1-3H3,(H,17,19). The van der Waals surface area contributed by atoms with Crippen molar-refractivity contribution < 1.29 is 4.79 Å². The van der Waals surface area contributed by atoms with Gasteiger partial charge in [-0.05, 0) is 52.2 Å². The molecule has 1 aromatic carbocycles. The van der Waals surface area contributed by atoms with Gasteiger partial charge in [-0.25, -0.2) is 0 Å². The van der Waals surface area contributed by atoms with Crippen molar-refractivity contribution in [2.75, 3.05) is 32.5 Å². The maximum absolute atomic E-state index is 11.8. The van der Waals surface area contributed by atoms with E-state index in [2.05, 4.69) is 38.4 Å². The summed E-state index contributed by atoms with van der Waals surface area (Å²) in [6.45, 7) is 3.44. The van der Waals surface area contributed by atoms with Gasteiger partial charge in [-0.1, -0.05) is 22.0 Å². The smallest absolute Gasteiger partial charge is 0.238 e. The zero-order valence-electron chi connectivity index (χ0n) is 11.7. The molecule has 0 heterocycles. The van der Waals surface area contributed by atoms with Gasteiger partial charge in [0.15, 0.2) is 0 Å². The molecular weight excluding hydrogens is 306 g/mol. The molecule has 5 heteroatoms. The lowest BCUT2D eigenvalue weighted by Gasteiger charge is -2.16. The maximum atomic E-state index is 11.8. The molecule has 0 saturated carbocycles. The average Bonchev–Trinajstić information content (AvgIpc) is 2.34. The highest BCUT2D eigenvalue weighted by molar-refractivity contribution is 9.10. The van der Waals surface area contributed by atoms with Crippen molar-refractivity contribution in [2.45, 2.75) is 19.4 Å². The fraction of sp³-hybridized carbons (Fsp3) is 0.500. The summed E-state index contributed by atoms with van der Waals surface area (Å²) < 4.78 is 0.956. The molecule has 1 unspecified atom stereocenters. The van der Waals surface area contributed by atoms with Crippen molar-refractivity contribution >= 4 is 27.5 Å². The highest BCUT2D eigenvalue weighted by atomic mass is 79.9. The van der Waals surface area contributed by atoms with Crippen molar-refractivity contribution in [3.05, 3.63) is 28.7 Å². The third-order valence-electron chi connectivity index (χ3n) is 2.73. The number of nitrogens with zero attached hydrogens (tertiary/aromatic N) is 1. The Bertz CT molecular complexity index is 409. The Balaban J connectivity index is 2.28. The number of halogens is 1. The van der Waals surface area contributed by atoms with Crippen LogP contribution < -0.4 is 10.6 Å². The van der Waals surface area contributed by atoms with Gasteiger partial charge in [-0.15, -0.1) is 0 Å². The normalized spacial score (nSPS) is 12.5. The van der Waals surface area contributed by atoms with E-state index in [1.54, 1.807) is 0 Å². The zero-order chi connectivity index (χ0) is 14.3. The second kappa shape index (κ2) is 8.30. The molecule has 0 aromatic heterocycles. The second-order valence-corrected chi connectivity index (χ2v) is 5.85. The minimum Gasteiger partial charge on any atom is -0.325 e. The van der Waals surface area contributed by atoms with E-state index in [9.17, 15) is 4.79 Å². The van der Waals surface area contributed by atoms with E-state index in [1.807, 2.05) is 38.4 Å². The number of carbonyl (C=O) groups is 1. The van der Waals surface area contributed by atoms with Gasteiger partial charge in [0, 0.05) is 16.2 Å². The molecule has 1 aromatic rings.